The number of hydrogen-bond acceptors (Lipinski definition) is 6. The van der Waals surface area contributed by atoms with E-state index in [9.17, 15) is 14.4 Å². The number of nitrogens with zero attached hydrogens (tertiary/aromatic N) is 1. The molecule has 0 unspecified atom stereocenters. The highest BCUT2D eigenvalue weighted by molar-refractivity contribution is 6.00. The van der Waals surface area contributed by atoms with Crippen molar-refractivity contribution in [2.24, 2.45) is 5.92 Å². The quantitative estimate of drug-likeness (QED) is 0.474. The van der Waals surface area contributed by atoms with Crippen molar-refractivity contribution in [3.8, 4) is 17.2 Å². The Bertz CT molecular complexity index is 1370. The van der Waals surface area contributed by atoms with E-state index in [2.05, 4.69) is 10.6 Å². The van der Waals surface area contributed by atoms with E-state index in [1.54, 1.807) is 29.2 Å². The Hall–Kier alpha value is -4.53. The number of fused-ring (bicyclic) bond motifs is 1. The Morgan fingerprint density at radius 1 is 0.974 bits per heavy atom. The molecular weight excluding hydrogens is 486 g/mol. The van der Waals surface area contributed by atoms with Crippen LogP contribution in [0.25, 0.3) is 0 Å². The second kappa shape index (κ2) is 10.8. The van der Waals surface area contributed by atoms with Crippen LogP contribution in [-0.2, 0) is 20.9 Å². The lowest BCUT2D eigenvalue weighted by Gasteiger charge is -2.17. The fourth-order valence-corrected chi connectivity index (χ4v) is 4.40. The van der Waals surface area contributed by atoms with E-state index in [4.69, 9.17) is 14.2 Å². The van der Waals surface area contributed by atoms with Gasteiger partial charge >= 0.3 is 0 Å². The Kier molecular flexibility index (Phi) is 7.17. The summed E-state index contributed by atoms with van der Waals surface area (Å²) in [6.07, 6.45) is 0.143. The van der Waals surface area contributed by atoms with E-state index in [1.165, 1.54) is 0 Å². The lowest BCUT2D eigenvalue weighted by atomic mass is 10.1. The zero-order valence-corrected chi connectivity index (χ0v) is 21.3. The van der Waals surface area contributed by atoms with Crippen LogP contribution in [0.5, 0.6) is 17.2 Å². The summed E-state index contributed by atoms with van der Waals surface area (Å²) in [5, 5.41) is 5.73. The number of anilines is 2. The zero-order chi connectivity index (χ0) is 26.6. The molecule has 2 heterocycles. The van der Waals surface area contributed by atoms with Crippen molar-refractivity contribution in [1.29, 1.82) is 0 Å². The van der Waals surface area contributed by atoms with Gasteiger partial charge in [-0.05, 0) is 79.1 Å². The molecule has 2 aliphatic heterocycles. The molecule has 1 saturated heterocycles. The standard InChI is InChI=1S/C29H29N3O6/c1-18-3-5-22(11-19(18)2)31-27(33)16-36-24-8-6-23(7-9-24)32-15-21(13-28(32)34)29(35)30-14-20-4-10-25-26(12-20)38-17-37-25/h3-12,21H,13-17H2,1-2H3,(H,30,35)(H,31,33)/t21-/m1/s1. The fourth-order valence-electron chi connectivity index (χ4n) is 4.40. The van der Waals surface area contributed by atoms with Gasteiger partial charge in [-0.2, -0.15) is 0 Å². The number of rotatable bonds is 8. The Morgan fingerprint density at radius 2 is 1.76 bits per heavy atom. The minimum atomic E-state index is -0.443. The Labute approximate surface area is 220 Å². The first-order valence-corrected chi connectivity index (χ1v) is 12.4. The largest absolute Gasteiger partial charge is 0.484 e. The fraction of sp³-hybridized carbons (Fsp3) is 0.276. The van der Waals surface area contributed by atoms with Crippen LogP contribution >= 0.6 is 0 Å². The second-order valence-corrected chi connectivity index (χ2v) is 9.44. The SMILES string of the molecule is Cc1ccc(NC(=O)COc2ccc(N3C[C@H](C(=O)NCc4ccc5c(c4)OCO5)CC3=O)cc2)cc1C. The van der Waals surface area contributed by atoms with Crippen molar-refractivity contribution in [2.75, 3.05) is 30.2 Å². The predicted molar refractivity (Wildman–Crippen MR) is 141 cm³/mol. The van der Waals surface area contributed by atoms with Gasteiger partial charge in [-0.15, -0.1) is 0 Å². The van der Waals surface area contributed by atoms with Gasteiger partial charge in [-0.1, -0.05) is 12.1 Å². The average Bonchev–Trinajstić information content (AvgIpc) is 3.55. The van der Waals surface area contributed by atoms with Crippen LogP contribution in [0.1, 0.15) is 23.1 Å². The van der Waals surface area contributed by atoms with E-state index in [1.807, 2.05) is 50.2 Å². The third kappa shape index (κ3) is 5.72. The number of nitrogens with one attached hydrogen (secondary N) is 2. The third-order valence-electron chi connectivity index (χ3n) is 6.71. The molecule has 2 N–H and O–H groups in total. The van der Waals surface area contributed by atoms with E-state index in [0.717, 1.165) is 22.4 Å². The highest BCUT2D eigenvalue weighted by Crippen LogP contribution is 2.32. The van der Waals surface area contributed by atoms with Crippen LogP contribution in [0.3, 0.4) is 0 Å². The number of aryl methyl sites for hydroxylation is 2. The topological polar surface area (TPSA) is 106 Å². The third-order valence-corrected chi connectivity index (χ3v) is 6.71. The van der Waals surface area contributed by atoms with Gasteiger partial charge < -0.3 is 29.7 Å². The number of hydrogen-bond donors (Lipinski definition) is 2. The molecule has 0 aromatic heterocycles. The summed E-state index contributed by atoms with van der Waals surface area (Å²) in [6, 6.07) is 18.2. The van der Waals surface area contributed by atoms with Gasteiger partial charge in [0.1, 0.15) is 5.75 Å². The normalized spacial score (nSPS) is 15.9. The Balaban J connectivity index is 1.10. The summed E-state index contributed by atoms with van der Waals surface area (Å²) in [6.45, 7) is 4.70. The summed E-state index contributed by atoms with van der Waals surface area (Å²) >= 11 is 0. The van der Waals surface area contributed by atoms with Gasteiger partial charge in [0.05, 0.1) is 5.92 Å². The maximum atomic E-state index is 12.7. The lowest BCUT2D eigenvalue weighted by molar-refractivity contribution is -0.126. The molecule has 196 valence electrons. The van der Waals surface area contributed by atoms with Crippen LogP contribution < -0.4 is 29.7 Å². The van der Waals surface area contributed by atoms with Crippen LogP contribution in [0.4, 0.5) is 11.4 Å². The molecule has 9 heteroatoms. The summed E-state index contributed by atoms with van der Waals surface area (Å²) in [5.41, 5.74) is 4.54. The van der Waals surface area contributed by atoms with Crippen molar-refractivity contribution < 1.29 is 28.6 Å². The van der Waals surface area contributed by atoms with Gasteiger partial charge in [-0.3, -0.25) is 14.4 Å². The first-order chi connectivity index (χ1) is 18.4. The van der Waals surface area contributed by atoms with Gasteiger partial charge in [0.25, 0.3) is 5.91 Å². The minimum absolute atomic E-state index is 0.116. The molecule has 3 aromatic carbocycles. The van der Waals surface area contributed by atoms with E-state index < -0.39 is 5.92 Å². The molecule has 0 aliphatic carbocycles. The van der Waals surface area contributed by atoms with Crippen LogP contribution in [0, 0.1) is 19.8 Å². The Morgan fingerprint density at radius 3 is 2.55 bits per heavy atom. The summed E-state index contributed by atoms with van der Waals surface area (Å²) < 4.78 is 16.3. The molecule has 0 radical (unpaired) electrons. The molecule has 2 aliphatic rings. The predicted octanol–water partition coefficient (Wildman–Crippen LogP) is 3.72. The zero-order valence-electron chi connectivity index (χ0n) is 21.3. The molecule has 3 amide bonds. The molecule has 38 heavy (non-hydrogen) atoms. The minimum Gasteiger partial charge on any atom is -0.484 e. The smallest absolute Gasteiger partial charge is 0.262 e. The molecule has 0 bridgehead atoms. The van der Waals surface area contributed by atoms with Crippen molar-refractivity contribution in [3.63, 3.8) is 0 Å². The van der Waals surface area contributed by atoms with Crippen molar-refractivity contribution in [1.82, 2.24) is 5.32 Å². The number of amides is 3. The summed E-state index contributed by atoms with van der Waals surface area (Å²) in [4.78, 5) is 39.2. The van der Waals surface area contributed by atoms with E-state index >= 15 is 0 Å². The maximum absolute atomic E-state index is 12.7. The maximum Gasteiger partial charge on any atom is 0.262 e. The molecule has 1 atom stereocenters. The number of ether oxygens (including phenoxy) is 3. The van der Waals surface area contributed by atoms with Gasteiger partial charge in [0, 0.05) is 30.9 Å². The molecule has 0 saturated carbocycles. The van der Waals surface area contributed by atoms with Gasteiger partial charge in [-0.25, -0.2) is 0 Å². The van der Waals surface area contributed by atoms with Crippen LogP contribution in [0.2, 0.25) is 0 Å². The highest BCUT2D eigenvalue weighted by Gasteiger charge is 2.35. The molecular formula is C29H29N3O6. The number of carbonyl (C=O) groups is 3. The van der Waals surface area contributed by atoms with Crippen molar-refractivity contribution >= 4 is 29.1 Å². The van der Waals surface area contributed by atoms with Crippen LogP contribution in [0.15, 0.2) is 60.7 Å². The molecule has 3 aromatic rings. The van der Waals surface area contributed by atoms with Crippen LogP contribution in [-0.4, -0.2) is 37.7 Å². The molecule has 9 nitrogen and oxygen atoms in total. The highest BCUT2D eigenvalue weighted by atomic mass is 16.7. The first kappa shape index (κ1) is 25.1. The van der Waals surface area contributed by atoms with E-state index in [0.29, 0.717) is 36.0 Å². The van der Waals surface area contributed by atoms with Gasteiger partial charge in [0.15, 0.2) is 18.1 Å². The monoisotopic (exact) mass is 515 g/mol. The van der Waals surface area contributed by atoms with Crippen molar-refractivity contribution in [3.05, 3.63) is 77.4 Å². The first-order valence-electron chi connectivity index (χ1n) is 12.4. The molecule has 1 fully saturated rings. The number of benzene rings is 3. The average molecular weight is 516 g/mol. The molecule has 5 rings (SSSR count). The van der Waals surface area contributed by atoms with Crippen molar-refractivity contribution in [2.45, 2.75) is 26.8 Å². The van der Waals surface area contributed by atoms with Gasteiger partial charge in [0.2, 0.25) is 18.6 Å². The summed E-state index contributed by atoms with van der Waals surface area (Å²) in [5.74, 6) is 0.863. The molecule has 0 spiro atoms. The van der Waals surface area contributed by atoms with E-state index in [-0.39, 0.29) is 37.5 Å². The second-order valence-electron chi connectivity index (χ2n) is 9.44. The summed E-state index contributed by atoms with van der Waals surface area (Å²) in [7, 11) is 0. The number of carbonyl (C=O) groups excluding carboxylic acids is 3. The lowest BCUT2D eigenvalue weighted by Crippen LogP contribution is -2.32.